The van der Waals surface area contributed by atoms with Gasteiger partial charge >= 0.3 is 0 Å². The van der Waals surface area contributed by atoms with E-state index in [1.54, 1.807) is 0 Å². The van der Waals surface area contributed by atoms with E-state index in [0.29, 0.717) is 22.7 Å². The lowest BCUT2D eigenvalue weighted by molar-refractivity contribution is 0.481. The van der Waals surface area contributed by atoms with Crippen molar-refractivity contribution in [1.82, 2.24) is 10.3 Å². The molecule has 5 nitrogen and oxygen atoms in total. The van der Waals surface area contributed by atoms with Crippen LogP contribution < -0.4 is 15.5 Å². The van der Waals surface area contributed by atoms with Crippen molar-refractivity contribution >= 4 is 40.4 Å². The van der Waals surface area contributed by atoms with Crippen molar-refractivity contribution in [2.45, 2.75) is 38.8 Å². The van der Waals surface area contributed by atoms with E-state index in [1.807, 2.05) is 48.7 Å². The van der Waals surface area contributed by atoms with Crippen molar-refractivity contribution in [2.24, 2.45) is 0 Å². The van der Waals surface area contributed by atoms with Gasteiger partial charge in [-0.25, -0.2) is 4.98 Å². The Balaban J connectivity index is 1.29. The zero-order chi connectivity index (χ0) is 20.9. The number of pyridine rings is 1. The normalized spacial score (nSPS) is 16.3. The number of nitrogens with zero attached hydrogens (tertiary/aromatic N) is 2. The smallest absolute Gasteiger partial charge is 0.171 e. The topological polar surface area (TPSA) is 53.3 Å². The number of furan rings is 1. The van der Waals surface area contributed by atoms with Gasteiger partial charge in [0.1, 0.15) is 17.3 Å². The zero-order valence-corrected chi connectivity index (χ0v) is 18.5. The lowest BCUT2D eigenvalue weighted by Crippen LogP contribution is -2.37. The Hall–Kier alpha value is -2.57. The Kier molecular flexibility index (Phi) is 6.55. The molecular formula is C23H25ClN4OS. The first-order valence-electron chi connectivity index (χ1n) is 10.2. The molecule has 1 saturated heterocycles. The van der Waals surface area contributed by atoms with Gasteiger partial charge in [-0.15, -0.1) is 0 Å². The fourth-order valence-corrected chi connectivity index (χ4v) is 3.97. The van der Waals surface area contributed by atoms with Crippen LogP contribution in [0.5, 0.6) is 0 Å². The van der Waals surface area contributed by atoms with Gasteiger partial charge in [0.05, 0.1) is 18.4 Å². The van der Waals surface area contributed by atoms with Crippen LogP contribution in [0.2, 0.25) is 5.02 Å². The van der Waals surface area contributed by atoms with E-state index in [2.05, 4.69) is 33.5 Å². The molecule has 0 saturated carbocycles. The van der Waals surface area contributed by atoms with Crippen LogP contribution in [0.15, 0.2) is 59.1 Å². The summed E-state index contributed by atoms with van der Waals surface area (Å²) in [5.41, 5.74) is 1.85. The fraction of sp³-hybridized carbons (Fsp3) is 0.304. The SMILES string of the molecule is C[C@H]1CCCCN1c1ccc(NC(=S)NCc2ccc(-c3ccc(Cl)cc3)o2)cn1. The maximum atomic E-state index is 5.94. The number of anilines is 2. The lowest BCUT2D eigenvalue weighted by Gasteiger charge is -2.34. The van der Waals surface area contributed by atoms with Crippen LogP contribution in [0, 0.1) is 0 Å². The highest BCUT2D eigenvalue weighted by atomic mass is 35.5. The molecule has 2 N–H and O–H groups in total. The lowest BCUT2D eigenvalue weighted by atomic mass is 10.0. The van der Waals surface area contributed by atoms with Gasteiger partial charge in [0.25, 0.3) is 0 Å². The molecule has 1 fully saturated rings. The van der Waals surface area contributed by atoms with E-state index in [4.69, 9.17) is 28.2 Å². The molecule has 0 unspecified atom stereocenters. The summed E-state index contributed by atoms with van der Waals surface area (Å²) in [6.07, 6.45) is 5.58. The van der Waals surface area contributed by atoms with Crippen LogP contribution in [-0.4, -0.2) is 22.7 Å². The molecule has 0 aliphatic carbocycles. The van der Waals surface area contributed by atoms with Gasteiger partial charge in [0.2, 0.25) is 0 Å². The Labute approximate surface area is 187 Å². The summed E-state index contributed by atoms with van der Waals surface area (Å²) in [6, 6.07) is 16.1. The number of rotatable bonds is 5. The second-order valence-electron chi connectivity index (χ2n) is 7.52. The second-order valence-corrected chi connectivity index (χ2v) is 8.37. The van der Waals surface area contributed by atoms with Gasteiger partial charge in [-0.1, -0.05) is 11.6 Å². The number of hydrogen-bond acceptors (Lipinski definition) is 4. The van der Waals surface area contributed by atoms with Gasteiger partial charge in [-0.05, 0) is 86.9 Å². The number of piperidine rings is 1. The Bertz CT molecular complexity index is 987. The number of hydrogen-bond donors (Lipinski definition) is 2. The summed E-state index contributed by atoms with van der Waals surface area (Å²) < 4.78 is 5.89. The van der Waals surface area contributed by atoms with E-state index in [0.717, 1.165) is 35.1 Å². The molecule has 2 aromatic heterocycles. The third kappa shape index (κ3) is 5.12. The summed E-state index contributed by atoms with van der Waals surface area (Å²) in [7, 11) is 0. The van der Waals surface area contributed by atoms with Crippen LogP contribution >= 0.6 is 23.8 Å². The van der Waals surface area contributed by atoms with Crippen LogP contribution in [0.3, 0.4) is 0 Å². The van der Waals surface area contributed by atoms with E-state index in [9.17, 15) is 0 Å². The Morgan fingerprint density at radius 1 is 1.17 bits per heavy atom. The molecule has 3 aromatic rings. The minimum Gasteiger partial charge on any atom is -0.459 e. The first kappa shape index (κ1) is 20.7. The first-order chi connectivity index (χ1) is 14.6. The van der Waals surface area contributed by atoms with Gasteiger partial charge in [0, 0.05) is 23.2 Å². The van der Waals surface area contributed by atoms with Crippen molar-refractivity contribution < 1.29 is 4.42 Å². The summed E-state index contributed by atoms with van der Waals surface area (Å²) in [5.74, 6) is 2.63. The van der Waals surface area contributed by atoms with Crippen LogP contribution in [0.25, 0.3) is 11.3 Å². The largest absolute Gasteiger partial charge is 0.459 e. The quantitative estimate of drug-likeness (QED) is 0.484. The third-order valence-corrected chi connectivity index (χ3v) is 5.81. The van der Waals surface area contributed by atoms with Gasteiger partial charge in [-0.2, -0.15) is 0 Å². The molecule has 0 amide bonds. The molecular weight excluding hydrogens is 416 g/mol. The van der Waals surface area contributed by atoms with Gasteiger partial charge < -0.3 is 20.0 Å². The number of thiocarbonyl (C=S) groups is 1. The maximum absolute atomic E-state index is 5.94. The molecule has 1 aliphatic heterocycles. The van der Waals surface area contributed by atoms with Crippen molar-refractivity contribution in [3.8, 4) is 11.3 Å². The summed E-state index contributed by atoms with van der Waals surface area (Å²) in [6.45, 7) is 3.83. The standard InChI is InChI=1S/C23H25ClN4OS/c1-16-4-2-3-13-28(16)22-12-9-19(14-25-22)27-23(30)26-15-20-10-11-21(29-20)17-5-7-18(24)8-6-17/h5-12,14,16H,2-4,13,15H2,1H3,(H2,26,27,30)/t16-/m0/s1. The van der Waals surface area contributed by atoms with Gasteiger partial charge in [0.15, 0.2) is 5.11 Å². The number of benzene rings is 1. The maximum Gasteiger partial charge on any atom is 0.171 e. The number of halogens is 1. The predicted octanol–water partition coefficient (Wildman–Crippen LogP) is 5.86. The molecule has 1 atom stereocenters. The molecule has 0 bridgehead atoms. The van der Waals surface area contributed by atoms with Crippen molar-refractivity contribution in [2.75, 3.05) is 16.8 Å². The van der Waals surface area contributed by atoms with Gasteiger partial charge in [-0.3, -0.25) is 0 Å². The average molecular weight is 441 g/mol. The highest BCUT2D eigenvalue weighted by molar-refractivity contribution is 7.80. The van der Waals surface area contributed by atoms with Crippen molar-refractivity contribution in [3.63, 3.8) is 0 Å². The first-order valence-corrected chi connectivity index (χ1v) is 11.0. The van der Waals surface area contributed by atoms with E-state index < -0.39 is 0 Å². The molecule has 1 aromatic carbocycles. The molecule has 0 spiro atoms. The molecule has 4 rings (SSSR count). The highest BCUT2D eigenvalue weighted by Gasteiger charge is 2.19. The highest BCUT2D eigenvalue weighted by Crippen LogP contribution is 2.25. The van der Waals surface area contributed by atoms with Crippen molar-refractivity contribution in [1.29, 1.82) is 0 Å². The molecule has 156 valence electrons. The summed E-state index contributed by atoms with van der Waals surface area (Å²) in [5, 5.41) is 7.59. The van der Waals surface area contributed by atoms with Crippen LogP contribution in [-0.2, 0) is 6.54 Å². The molecule has 3 heterocycles. The van der Waals surface area contributed by atoms with E-state index >= 15 is 0 Å². The minimum absolute atomic E-state index is 0.496. The summed E-state index contributed by atoms with van der Waals surface area (Å²) in [4.78, 5) is 6.99. The second kappa shape index (κ2) is 9.49. The fourth-order valence-electron chi connectivity index (χ4n) is 3.65. The number of aromatic nitrogens is 1. The molecule has 0 radical (unpaired) electrons. The zero-order valence-electron chi connectivity index (χ0n) is 16.9. The van der Waals surface area contributed by atoms with Crippen LogP contribution in [0.1, 0.15) is 31.9 Å². The van der Waals surface area contributed by atoms with E-state index in [1.165, 1.54) is 19.3 Å². The average Bonchev–Trinajstić information content (AvgIpc) is 3.23. The van der Waals surface area contributed by atoms with Crippen LogP contribution in [0.4, 0.5) is 11.5 Å². The molecule has 30 heavy (non-hydrogen) atoms. The monoisotopic (exact) mass is 440 g/mol. The third-order valence-electron chi connectivity index (χ3n) is 5.32. The van der Waals surface area contributed by atoms with E-state index in [-0.39, 0.29) is 0 Å². The van der Waals surface area contributed by atoms with Crippen molar-refractivity contribution in [3.05, 3.63) is 65.5 Å². The Morgan fingerprint density at radius 3 is 2.73 bits per heavy atom. The minimum atomic E-state index is 0.496. The Morgan fingerprint density at radius 2 is 2.00 bits per heavy atom. The molecule has 7 heteroatoms. The summed E-state index contributed by atoms with van der Waals surface area (Å²) >= 11 is 11.4. The predicted molar refractivity (Wildman–Crippen MR) is 127 cm³/mol. The molecule has 1 aliphatic rings. The number of nitrogens with one attached hydrogen (secondary N) is 2.